The van der Waals surface area contributed by atoms with E-state index in [2.05, 4.69) is 15.5 Å². The molecule has 0 spiro atoms. The second kappa shape index (κ2) is 8.10. The Hall–Kier alpha value is -2.38. The van der Waals surface area contributed by atoms with Crippen LogP contribution in [0.15, 0.2) is 33.9 Å². The van der Waals surface area contributed by atoms with Crippen LogP contribution in [0.4, 0.5) is 5.69 Å². The Bertz CT molecular complexity index is 981. The van der Waals surface area contributed by atoms with Crippen molar-refractivity contribution in [3.63, 3.8) is 0 Å². The normalized spacial score (nSPS) is 19.3. The number of rotatable bonds is 6. The minimum Gasteiger partial charge on any atom is -0.416 e. The summed E-state index contributed by atoms with van der Waals surface area (Å²) in [6, 6.07) is 8.67. The number of sulfone groups is 1. The van der Waals surface area contributed by atoms with Gasteiger partial charge >= 0.3 is 0 Å². The molecule has 1 saturated heterocycles. The minimum atomic E-state index is -2.94. The number of carbonyl (C=O) groups is 1. The first-order valence-corrected chi connectivity index (χ1v) is 11.1. The number of thioether (sulfide) groups is 1. The number of hydrogen-bond acceptors (Lipinski definition) is 8. The molecule has 27 heavy (non-hydrogen) atoms. The first-order valence-electron chi connectivity index (χ1n) is 8.35. The van der Waals surface area contributed by atoms with Crippen molar-refractivity contribution < 1.29 is 17.6 Å². The molecule has 1 aliphatic rings. The molecule has 1 amide bonds. The van der Waals surface area contributed by atoms with Gasteiger partial charge in [-0.3, -0.25) is 4.79 Å². The molecule has 1 aliphatic heterocycles. The second-order valence-electron chi connectivity index (χ2n) is 6.38. The number of benzene rings is 1. The largest absolute Gasteiger partial charge is 0.416 e. The van der Waals surface area contributed by atoms with Gasteiger partial charge in [0.1, 0.15) is 0 Å². The van der Waals surface area contributed by atoms with Crippen LogP contribution in [0.1, 0.15) is 24.8 Å². The third-order valence-corrected chi connectivity index (χ3v) is 6.92. The van der Waals surface area contributed by atoms with Crippen molar-refractivity contribution in [2.75, 3.05) is 16.8 Å². The van der Waals surface area contributed by atoms with Crippen LogP contribution in [0.2, 0.25) is 0 Å². The van der Waals surface area contributed by atoms with Crippen LogP contribution in [0.25, 0.3) is 0 Å². The highest BCUT2D eigenvalue weighted by atomic mass is 32.2. The van der Waals surface area contributed by atoms with Gasteiger partial charge in [-0.05, 0) is 37.5 Å². The number of carbonyl (C=O) groups excluding carboxylic acids is 1. The molecule has 1 fully saturated rings. The van der Waals surface area contributed by atoms with E-state index >= 15 is 0 Å². The third-order valence-electron chi connectivity index (χ3n) is 4.14. The average molecular weight is 406 g/mol. The summed E-state index contributed by atoms with van der Waals surface area (Å²) in [5, 5.41) is 19.3. The van der Waals surface area contributed by atoms with Gasteiger partial charge in [-0.25, -0.2) is 8.42 Å². The van der Waals surface area contributed by atoms with Crippen LogP contribution in [0, 0.1) is 17.2 Å². The Morgan fingerprint density at radius 2 is 2.30 bits per heavy atom. The molecular weight excluding hydrogens is 388 g/mol. The molecule has 3 rings (SSSR count). The molecule has 2 heterocycles. The van der Waals surface area contributed by atoms with Gasteiger partial charge in [0.25, 0.3) is 5.22 Å². The van der Waals surface area contributed by atoms with E-state index in [9.17, 15) is 13.2 Å². The number of nitrogens with zero attached hydrogens (tertiary/aromatic N) is 3. The minimum absolute atomic E-state index is 0.00133. The summed E-state index contributed by atoms with van der Waals surface area (Å²) in [7, 11) is -2.94. The maximum Gasteiger partial charge on any atom is 0.277 e. The van der Waals surface area contributed by atoms with Crippen LogP contribution >= 0.6 is 11.8 Å². The smallest absolute Gasteiger partial charge is 0.277 e. The Morgan fingerprint density at radius 1 is 1.48 bits per heavy atom. The molecule has 1 aromatic carbocycles. The van der Waals surface area contributed by atoms with Gasteiger partial charge in [0, 0.05) is 12.1 Å². The molecule has 0 saturated carbocycles. The van der Waals surface area contributed by atoms with E-state index in [-0.39, 0.29) is 28.6 Å². The number of amides is 1. The van der Waals surface area contributed by atoms with Gasteiger partial charge in [0.15, 0.2) is 9.84 Å². The van der Waals surface area contributed by atoms with Gasteiger partial charge in [0.2, 0.25) is 11.8 Å². The van der Waals surface area contributed by atoms with Crippen molar-refractivity contribution in [2.45, 2.75) is 30.2 Å². The Kier molecular flexibility index (Phi) is 5.82. The second-order valence-corrected chi connectivity index (χ2v) is 9.90. The average Bonchev–Trinajstić information content (AvgIpc) is 3.20. The zero-order valence-electron chi connectivity index (χ0n) is 14.6. The summed E-state index contributed by atoms with van der Waals surface area (Å²) >= 11 is 1.12. The predicted molar refractivity (Wildman–Crippen MR) is 99.9 cm³/mol. The molecule has 2 atom stereocenters. The molecule has 0 radical (unpaired) electrons. The lowest BCUT2D eigenvalue weighted by molar-refractivity contribution is -0.115. The van der Waals surface area contributed by atoms with E-state index in [1.54, 1.807) is 31.2 Å². The van der Waals surface area contributed by atoms with Crippen molar-refractivity contribution in [1.82, 2.24) is 10.2 Å². The van der Waals surface area contributed by atoms with E-state index < -0.39 is 15.1 Å². The first-order chi connectivity index (χ1) is 12.8. The monoisotopic (exact) mass is 406 g/mol. The third kappa shape index (κ3) is 5.30. The molecule has 8 nitrogen and oxygen atoms in total. The lowest BCUT2D eigenvalue weighted by Gasteiger charge is -2.10. The van der Waals surface area contributed by atoms with Gasteiger partial charge in [-0.15, -0.1) is 10.2 Å². The molecule has 2 aromatic rings. The lowest BCUT2D eigenvalue weighted by Crippen LogP contribution is -2.22. The van der Waals surface area contributed by atoms with Crippen molar-refractivity contribution in [3.8, 4) is 6.07 Å². The predicted octanol–water partition coefficient (Wildman–Crippen LogP) is 2.04. The van der Waals surface area contributed by atoms with Gasteiger partial charge in [-0.2, -0.15) is 5.26 Å². The molecule has 10 heteroatoms. The SMILES string of the molecule is C[C@H](Sc1nnc(C[C@@H]2CCS(=O)(=O)C2)o1)C(=O)Nc1cccc(C#N)c1. The highest BCUT2D eigenvalue weighted by Gasteiger charge is 2.29. The summed E-state index contributed by atoms with van der Waals surface area (Å²) in [4.78, 5) is 12.3. The fraction of sp³-hybridized carbons (Fsp3) is 0.412. The van der Waals surface area contributed by atoms with Crippen molar-refractivity contribution in [2.24, 2.45) is 5.92 Å². The van der Waals surface area contributed by atoms with Crippen LogP contribution in [-0.2, 0) is 21.1 Å². The van der Waals surface area contributed by atoms with Gasteiger partial charge in [0.05, 0.1) is 28.4 Å². The van der Waals surface area contributed by atoms with Crippen LogP contribution < -0.4 is 5.32 Å². The number of hydrogen-bond donors (Lipinski definition) is 1. The standard InChI is InChI=1S/C17H18N4O4S2/c1-11(16(22)19-14-4-2-3-12(7-14)9-18)26-17-21-20-15(25-17)8-13-5-6-27(23,24)10-13/h2-4,7,11,13H,5-6,8,10H2,1H3,(H,19,22)/t11-,13-/m0/s1. The zero-order valence-corrected chi connectivity index (χ0v) is 16.2. The maximum atomic E-state index is 12.3. The molecular formula is C17H18N4O4S2. The number of nitrogens with one attached hydrogen (secondary N) is 1. The highest BCUT2D eigenvalue weighted by molar-refractivity contribution is 8.00. The topological polar surface area (TPSA) is 126 Å². The lowest BCUT2D eigenvalue weighted by atomic mass is 10.1. The summed E-state index contributed by atoms with van der Waals surface area (Å²) in [6.07, 6.45) is 1.03. The quantitative estimate of drug-likeness (QED) is 0.722. The van der Waals surface area contributed by atoms with E-state index in [0.717, 1.165) is 11.8 Å². The summed E-state index contributed by atoms with van der Waals surface area (Å²) < 4.78 is 28.6. The number of aromatic nitrogens is 2. The highest BCUT2D eigenvalue weighted by Crippen LogP contribution is 2.26. The van der Waals surface area contributed by atoms with E-state index in [1.165, 1.54) is 0 Å². The molecule has 0 bridgehead atoms. The van der Waals surface area contributed by atoms with Crippen LogP contribution in [-0.4, -0.2) is 41.3 Å². The maximum absolute atomic E-state index is 12.3. The summed E-state index contributed by atoms with van der Waals surface area (Å²) in [5.41, 5.74) is 1.00. The number of anilines is 1. The molecule has 142 valence electrons. The zero-order chi connectivity index (χ0) is 19.4. The summed E-state index contributed by atoms with van der Waals surface area (Å²) in [5.74, 6) is 0.489. The van der Waals surface area contributed by atoms with Crippen molar-refractivity contribution >= 4 is 33.2 Å². The van der Waals surface area contributed by atoms with Gasteiger partial charge < -0.3 is 9.73 Å². The van der Waals surface area contributed by atoms with Crippen LogP contribution in [0.3, 0.4) is 0 Å². The van der Waals surface area contributed by atoms with Crippen molar-refractivity contribution in [1.29, 1.82) is 5.26 Å². The summed E-state index contributed by atoms with van der Waals surface area (Å²) in [6.45, 7) is 1.71. The van der Waals surface area contributed by atoms with Gasteiger partial charge in [-0.1, -0.05) is 17.8 Å². The first kappa shape index (κ1) is 19.4. The van der Waals surface area contributed by atoms with E-state index in [4.69, 9.17) is 9.68 Å². The fourth-order valence-corrected chi connectivity index (χ4v) is 5.33. The van der Waals surface area contributed by atoms with E-state index in [0.29, 0.717) is 30.0 Å². The molecule has 1 aromatic heterocycles. The molecule has 1 N–H and O–H groups in total. The molecule has 0 aliphatic carbocycles. The number of nitriles is 1. The Morgan fingerprint density at radius 3 is 3.00 bits per heavy atom. The Labute approximate surface area is 161 Å². The van der Waals surface area contributed by atoms with Crippen molar-refractivity contribution in [3.05, 3.63) is 35.7 Å². The van der Waals surface area contributed by atoms with Crippen LogP contribution in [0.5, 0.6) is 0 Å². The Balaban J connectivity index is 1.54. The molecule has 0 unspecified atom stereocenters. The van der Waals surface area contributed by atoms with E-state index in [1.807, 2.05) is 6.07 Å². The fourth-order valence-electron chi connectivity index (χ4n) is 2.76.